The number of aliphatic carboxylic acids is 5. The van der Waals surface area contributed by atoms with Crippen molar-refractivity contribution in [2.45, 2.75) is 34.6 Å². The first-order valence-electron chi connectivity index (χ1n) is 8.44. The van der Waals surface area contributed by atoms with Gasteiger partial charge in [-0.1, -0.05) is 32.9 Å². The monoisotopic (exact) mass is 528 g/mol. The summed E-state index contributed by atoms with van der Waals surface area (Å²) in [5, 5.41) is 39.5. The fourth-order valence-corrected chi connectivity index (χ4v) is 0. The molecular formula is C20H33O14P. The van der Waals surface area contributed by atoms with Crippen LogP contribution in [0, 0.1) is 0 Å². The number of carboxylic acid groups (broad SMARTS) is 5. The summed E-state index contributed by atoms with van der Waals surface area (Å²) in [6.07, 6.45) is 0. The number of carboxylic acids is 5. The summed E-state index contributed by atoms with van der Waals surface area (Å²) in [5.74, 6) is -4.68. The number of carbonyl (C=O) groups is 5. The standard InChI is InChI=1S/5C4H6O2.H3O4P/c5*1-3(2)4(5)6;1-5(2,3)4/h5*1H2,2H3,(H,5,6);(H3,1,2,3,4). The maximum Gasteiger partial charge on any atom is 0.466 e. The lowest BCUT2D eigenvalue weighted by Gasteiger charge is -1.82. The van der Waals surface area contributed by atoms with Gasteiger partial charge in [-0.25, -0.2) is 28.5 Å². The van der Waals surface area contributed by atoms with Crippen LogP contribution in [0.4, 0.5) is 0 Å². The molecule has 0 amide bonds. The highest BCUT2D eigenvalue weighted by Gasteiger charge is 2.00. The van der Waals surface area contributed by atoms with Crippen LogP contribution in [0.2, 0.25) is 0 Å². The van der Waals surface area contributed by atoms with E-state index in [0.717, 1.165) is 0 Å². The van der Waals surface area contributed by atoms with Crippen molar-refractivity contribution in [2.75, 3.05) is 0 Å². The molecule has 0 spiro atoms. The van der Waals surface area contributed by atoms with Gasteiger partial charge in [0, 0.05) is 27.9 Å². The lowest BCUT2D eigenvalue weighted by atomic mass is 10.4. The molecule has 0 aliphatic rings. The van der Waals surface area contributed by atoms with Gasteiger partial charge in [-0.3, -0.25) is 0 Å². The molecule has 0 unspecified atom stereocenters. The van der Waals surface area contributed by atoms with Crippen molar-refractivity contribution >= 4 is 37.7 Å². The minimum absolute atomic E-state index is 0.176. The van der Waals surface area contributed by atoms with E-state index in [-0.39, 0.29) is 27.9 Å². The zero-order valence-corrected chi connectivity index (χ0v) is 20.9. The van der Waals surface area contributed by atoms with Crippen LogP contribution in [0.25, 0.3) is 0 Å². The maximum absolute atomic E-state index is 9.60. The van der Waals surface area contributed by atoms with E-state index < -0.39 is 37.7 Å². The molecule has 35 heavy (non-hydrogen) atoms. The SMILES string of the molecule is C=C(C)C(=O)O.C=C(C)C(=O)O.C=C(C)C(=O)O.C=C(C)C(=O)O.C=C(C)C(=O)O.O=P(O)(O)O. The van der Waals surface area contributed by atoms with Crippen molar-refractivity contribution in [1.82, 2.24) is 0 Å². The molecule has 0 aliphatic heterocycles. The summed E-state index contributed by atoms with van der Waals surface area (Å²) in [4.78, 5) is 69.6. The molecule has 0 aromatic heterocycles. The third-order valence-electron chi connectivity index (χ3n) is 1.83. The lowest BCUT2D eigenvalue weighted by Crippen LogP contribution is -1.92. The van der Waals surface area contributed by atoms with Gasteiger partial charge in [0.1, 0.15) is 0 Å². The Hall–Kier alpha value is -3.84. The van der Waals surface area contributed by atoms with Crippen LogP contribution in [0.3, 0.4) is 0 Å². The molecule has 0 rings (SSSR count). The normalized spacial score (nSPS) is 8.11. The van der Waals surface area contributed by atoms with E-state index in [0.29, 0.717) is 0 Å². The van der Waals surface area contributed by atoms with E-state index in [1.807, 2.05) is 0 Å². The summed E-state index contributed by atoms with van der Waals surface area (Å²) >= 11 is 0. The van der Waals surface area contributed by atoms with Crippen LogP contribution in [0.1, 0.15) is 34.6 Å². The van der Waals surface area contributed by atoms with E-state index in [2.05, 4.69) is 32.9 Å². The van der Waals surface area contributed by atoms with E-state index >= 15 is 0 Å². The summed E-state index contributed by atoms with van der Waals surface area (Å²) < 4.78 is 8.88. The Morgan fingerprint density at radius 3 is 0.457 bits per heavy atom. The van der Waals surface area contributed by atoms with Gasteiger partial charge >= 0.3 is 37.7 Å². The third-order valence-corrected chi connectivity index (χ3v) is 1.83. The Balaban J connectivity index is -0.0000000722. The van der Waals surface area contributed by atoms with Gasteiger partial charge in [0.15, 0.2) is 0 Å². The van der Waals surface area contributed by atoms with E-state index in [1.54, 1.807) is 0 Å². The molecule has 0 aromatic carbocycles. The van der Waals surface area contributed by atoms with E-state index in [4.69, 9.17) is 44.8 Å². The first-order valence-corrected chi connectivity index (χ1v) is 10.0. The summed E-state index contributed by atoms with van der Waals surface area (Å²) in [7, 11) is -4.64. The highest BCUT2D eigenvalue weighted by atomic mass is 31.2. The molecule has 0 radical (unpaired) electrons. The first kappa shape index (κ1) is 44.8. The Labute approximate surface area is 202 Å². The van der Waals surface area contributed by atoms with Gasteiger partial charge in [0.25, 0.3) is 0 Å². The van der Waals surface area contributed by atoms with Crippen molar-refractivity contribution in [2.24, 2.45) is 0 Å². The number of rotatable bonds is 5. The molecule has 0 aromatic rings. The Morgan fingerprint density at radius 1 is 0.429 bits per heavy atom. The molecular weight excluding hydrogens is 495 g/mol. The highest BCUT2D eigenvalue weighted by Crippen LogP contribution is 2.25. The van der Waals surface area contributed by atoms with Crippen molar-refractivity contribution < 1.29 is 68.8 Å². The Bertz CT molecular complexity index is 638. The quantitative estimate of drug-likeness (QED) is 0.188. The zero-order chi connectivity index (χ0) is 30.3. The van der Waals surface area contributed by atoms with Gasteiger partial charge in [-0.05, 0) is 34.6 Å². The minimum atomic E-state index is -4.64. The highest BCUT2D eigenvalue weighted by molar-refractivity contribution is 7.45. The zero-order valence-electron chi connectivity index (χ0n) is 20.0. The fraction of sp³-hybridized carbons (Fsp3) is 0.250. The number of phosphoric acid groups is 1. The van der Waals surface area contributed by atoms with Crippen LogP contribution in [-0.2, 0) is 28.5 Å². The molecule has 0 aliphatic carbocycles. The van der Waals surface area contributed by atoms with Crippen LogP contribution >= 0.6 is 7.82 Å². The van der Waals surface area contributed by atoms with Gasteiger partial charge in [-0.15, -0.1) is 0 Å². The molecule has 0 bridgehead atoms. The van der Waals surface area contributed by atoms with E-state index in [9.17, 15) is 24.0 Å². The average Bonchev–Trinajstić information content (AvgIpc) is 2.61. The molecule has 0 atom stereocenters. The van der Waals surface area contributed by atoms with Crippen molar-refractivity contribution in [3.8, 4) is 0 Å². The molecule has 0 fully saturated rings. The van der Waals surface area contributed by atoms with Gasteiger partial charge in [0.2, 0.25) is 0 Å². The predicted octanol–water partition coefficient (Wildman–Crippen LogP) is 2.31. The van der Waals surface area contributed by atoms with Crippen molar-refractivity contribution in [1.29, 1.82) is 0 Å². The third kappa shape index (κ3) is 91.6. The number of hydrogen-bond donors (Lipinski definition) is 8. The molecule has 0 saturated carbocycles. The first-order chi connectivity index (χ1) is 15.2. The van der Waals surface area contributed by atoms with Gasteiger partial charge in [0.05, 0.1) is 0 Å². The van der Waals surface area contributed by atoms with Crippen LogP contribution in [0.15, 0.2) is 60.8 Å². The summed E-state index contributed by atoms with van der Waals surface area (Å²) in [6.45, 7) is 23.0. The molecule has 0 heterocycles. The molecule has 8 N–H and O–H groups in total. The summed E-state index contributed by atoms with van der Waals surface area (Å²) in [6, 6.07) is 0. The second kappa shape index (κ2) is 24.8. The molecule has 202 valence electrons. The lowest BCUT2D eigenvalue weighted by molar-refractivity contribution is -0.133. The van der Waals surface area contributed by atoms with Crippen molar-refractivity contribution in [3.05, 3.63) is 60.8 Å². The smallest absolute Gasteiger partial charge is 0.466 e. The minimum Gasteiger partial charge on any atom is -0.478 e. The number of hydrogen-bond acceptors (Lipinski definition) is 6. The van der Waals surface area contributed by atoms with Crippen molar-refractivity contribution in [3.63, 3.8) is 0 Å². The van der Waals surface area contributed by atoms with Crippen LogP contribution in [0.5, 0.6) is 0 Å². The van der Waals surface area contributed by atoms with Crippen LogP contribution < -0.4 is 0 Å². The topological polar surface area (TPSA) is 264 Å². The van der Waals surface area contributed by atoms with Gasteiger partial charge < -0.3 is 40.2 Å². The molecule has 14 nitrogen and oxygen atoms in total. The summed E-state index contributed by atoms with van der Waals surface area (Å²) in [5.41, 5.74) is 0.880. The van der Waals surface area contributed by atoms with E-state index in [1.165, 1.54) is 34.6 Å². The fourth-order valence-electron chi connectivity index (χ4n) is 0. The van der Waals surface area contributed by atoms with Gasteiger partial charge in [-0.2, -0.15) is 0 Å². The Morgan fingerprint density at radius 2 is 0.457 bits per heavy atom. The predicted molar refractivity (Wildman–Crippen MR) is 127 cm³/mol. The second-order valence-electron chi connectivity index (χ2n) is 5.94. The Kier molecular flexibility index (Phi) is 31.7. The largest absolute Gasteiger partial charge is 0.478 e. The maximum atomic E-state index is 9.60. The second-order valence-corrected chi connectivity index (χ2v) is 6.97. The average molecular weight is 528 g/mol. The molecule has 0 saturated heterocycles. The molecule has 15 heteroatoms. The van der Waals surface area contributed by atoms with Crippen LogP contribution in [-0.4, -0.2) is 70.1 Å².